The number of hydrogen-bond acceptors (Lipinski definition) is 7. The molecule has 0 bridgehead atoms. The Hall–Kier alpha value is -2.98. The summed E-state index contributed by atoms with van der Waals surface area (Å²) in [5.41, 5.74) is 1.72. The molecule has 2 aromatic heterocycles. The Kier molecular flexibility index (Phi) is 5.92. The number of ether oxygens (including phenoxy) is 1. The van der Waals surface area contributed by atoms with E-state index in [1.165, 1.54) is 4.31 Å². The average molecular weight is 443 g/mol. The minimum absolute atomic E-state index is 0.292. The maximum absolute atomic E-state index is 13.1. The van der Waals surface area contributed by atoms with E-state index in [4.69, 9.17) is 4.74 Å². The summed E-state index contributed by atoms with van der Waals surface area (Å²) in [6.07, 6.45) is 1.84. The number of aromatic nitrogens is 4. The first-order chi connectivity index (χ1) is 14.9. The molecule has 0 radical (unpaired) electrons. The van der Waals surface area contributed by atoms with Crippen LogP contribution in [0, 0.1) is 13.8 Å². The monoisotopic (exact) mass is 442 g/mol. The van der Waals surface area contributed by atoms with Gasteiger partial charge in [0.2, 0.25) is 10.0 Å². The van der Waals surface area contributed by atoms with Crippen molar-refractivity contribution in [2.45, 2.75) is 25.7 Å². The molecule has 9 nitrogen and oxygen atoms in total. The minimum Gasteiger partial charge on any atom is -0.494 e. The van der Waals surface area contributed by atoms with Crippen LogP contribution in [0.15, 0.2) is 47.5 Å². The molecule has 4 rings (SSSR count). The van der Waals surface area contributed by atoms with Crippen molar-refractivity contribution in [3.05, 3.63) is 53.9 Å². The Morgan fingerprint density at radius 1 is 0.968 bits per heavy atom. The van der Waals surface area contributed by atoms with E-state index in [0.717, 1.165) is 17.1 Å². The zero-order valence-electron chi connectivity index (χ0n) is 17.9. The third-order valence-electron chi connectivity index (χ3n) is 5.24. The van der Waals surface area contributed by atoms with Gasteiger partial charge >= 0.3 is 0 Å². The molecule has 0 N–H and O–H groups in total. The molecule has 0 atom stereocenters. The first kappa shape index (κ1) is 21.3. The van der Waals surface area contributed by atoms with E-state index in [0.29, 0.717) is 49.2 Å². The number of sulfonamides is 1. The Morgan fingerprint density at radius 2 is 1.68 bits per heavy atom. The van der Waals surface area contributed by atoms with E-state index in [9.17, 15) is 8.42 Å². The first-order valence-electron chi connectivity index (χ1n) is 10.2. The highest BCUT2D eigenvalue weighted by molar-refractivity contribution is 7.89. The Bertz CT molecular complexity index is 1150. The van der Waals surface area contributed by atoms with Gasteiger partial charge in [-0.25, -0.2) is 13.1 Å². The van der Waals surface area contributed by atoms with Crippen molar-refractivity contribution in [3.8, 4) is 11.6 Å². The van der Waals surface area contributed by atoms with Crippen molar-refractivity contribution in [3.63, 3.8) is 0 Å². The lowest BCUT2D eigenvalue weighted by Crippen LogP contribution is -2.49. The summed E-state index contributed by atoms with van der Waals surface area (Å²) < 4.78 is 34.9. The topological polar surface area (TPSA) is 93.5 Å². The van der Waals surface area contributed by atoms with E-state index in [2.05, 4.69) is 15.3 Å². The molecule has 3 heterocycles. The van der Waals surface area contributed by atoms with Gasteiger partial charge in [-0.1, -0.05) is 0 Å². The van der Waals surface area contributed by atoms with Crippen LogP contribution >= 0.6 is 0 Å². The number of benzene rings is 1. The zero-order valence-corrected chi connectivity index (χ0v) is 18.7. The van der Waals surface area contributed by atoms with Crippen LogP contribution in [-0.2, 0) is 10.0 Å². The lowest BCUT2D eigenvalue weighted by Gasteiger charge is -2.34. The summed E-state index contributed by atoms with van der Waals surface area (Å²) >= 11 is 0. The summed E-state index contributed by atoms with van der Waals surface area (Å²) in [5, 5.41) is 12.9. The summed E-state index contributed by atoms with van der Waals surface area (Å²) in [6, 6.07) is 10.7. The van der Waals surface area contributed by atoms with Gasteiger partial charge in [0.05, 0.1) is 17.2 Å². The van der Waals surface area contributed by atoms with E-state index in [-0.39, 0.29) is 0 Å². The molecule has 31 heavy (non-hydrogen) atoms. The van der Waals surface area contributed by atoms with Gasteiger partial charge in [0.1, 0.15) is 5.75 Å². The van der Waals surface area contributed by atoms with Crippen molar-refractivity contribution in [1.29, 1.82) is 0 Å². The Labute approximate surface area is 182 Å². The van der Waals surface area contributed by atoms with Crippen LogP contribution in [0.1, 0.15) is 18.2 Å². The number of hydrogen-bond donors (Lipinski definition) is 0. The van der Waals surface area contributed by atoms with Gasteiger partial charge in [0.25, 0.3) is 0 Å². The van der Waals surface area contributed by atoms with E-state index >= 15 is 0 Å². The molecule has 0 spiro atoms. The van der Waals surface area contributed by atoms with Gasteiger partial charge < -0.3 is 9.64 Å². The smallest absolute Gasteiger partial charge is 0.243 e. The lowest BCUT2D eigenvalue weighted by molar-refractivity contribution is 0.337. The quantitative estimate of drug-likeness (QED) is 0.578. The summed E-state index contributed by atoms with van der Waals surface area (Å²) in [4.78, 5) is 2.33. The molecule has 1 aliphatic rings. The highest BCUT2D eigenvalue weighted by Gasteiger charge is 2.29. The van der Waals surface area contributed by atoms with Crippen LogP contribution in [0.5, 0.6) is 5.75 Å². The molecule has 0 amide bonds. The molecule has 1 aliphatic heterocycles. The van der Waals surface area contributed by atoms with Gasteiger partial charge in [0, 0.05) is 32.4 Å². The van der Waals surface area contributed by atoms with Crippen molar-refractivity contribution in [2.24, 2.45) is 0 Å². The molecule has 1 aromatic carbocycles. The number of nitrogens with zero attached hydrogens (tertiary/aromatic N) is 6. The van der Waals surface area contributed by atoms with Crippen molar-refractivity contribution in [2.75, 3.05) is 37.7 Å². The summed E-state index contributed by atoms with van der Waals surface area (Å²) in [7, 11) is -3.56. The van der Waals surface area contributed by atoms with E-state index in [1.807, 2.05) is 50.1 Å². The highest BCUT2D eigenvalue weighted by atomic mass is 32.2. The molecule has 3 aromatic rings. The van der Waals surface area contributed by atoms with Crippen LogP contribution in [-0.4, -0.2) is 65.5 Å². The van der Waals surface area contributed by atoms with Gasteiger partial charge in [-0.2, -0.15) is 9.40 Å². The third kappa shape index (κ3) is 4.40. The predicted octanol–water partition coefficient (Wildman–Crippen LogP) is 2.19. The van der Waals surface area contributed by atoms with Crippen LogP contribution in [0.2, 0.25) is 0 Å². The van der Waals surface area contributed by atoms with E-state index < -0.39 is 10.0 Å². The molecule has 0 saturated carbocycles. The van der Waals surface area contributed by atoms with Crippen LogP contribution in [0.25, 0.3) is 5.82 Å². The van der Waals surface area contributed by atoms with Gasteiger partial charge in [-0.3, -0.25) is 0 Å². The largest absolute Gasteiger partial charge is 0.494 e. The second-order valence-corrected chi connectivity index (χ2v) is 9.34. The van der Waals surface area contributed by atoms with Crippen molar-refractivity contribution < 1.29 is 13.2 Å². The number of anilines is 1. The number of aryl methyl sites for hydroxylation is 2. The van der Waals surface area contributed by atoms with Crippen LogP contribution in [0.3, 0.4) is 0 Å². The van der Waals surface area contributed by atoms with Crippen LogP contribution < -0.4 is 9.64 Å². The first-order valence-corrected chi connectivity index (χ1v) is 11.7. The van der Waals surface area contributed by atoms with Crippen LogP contribution in [0.4, 0.5) is 5.82 Å². The maximum atomic E-state index is 13.1. The molecular formula is C21H26N6O3S. The number of rotatable bonds is 6. The Morgan fingerprint density at radius 3 is 2.26 bits per heavy atom. The summed E-state index contributed by atoms with van der Waals surface area (Å²) in [5.74, 6) is 2.07. The second-order valence-electron chi connectivity index (χ2n) is 7.40. The standard InChI is InChI=1S/C21H26N6O3S/c1-4-30-19-6-5-18(15-16(19)2)31(28,29)26-13-11-25(12-14-26)20-7-8-21(23-22-20)27-10-9-17(3)24-27/h5-10,15H,4,11-14H2,1-3H3. The van der Waals surface area contributed by atoms with Gasteiger partial charge in [-0.05, 0) is 62.7 Å². The molecule has 164 valence electrons. The van der Waals surface area contributed by atoms with Crippen molar-refractivity contribution in [1.82, 2.24) is 24.3 Å². The number of piperazine rings is 1. The molecule has 1 fully saturated rings. The fraction of sp³-hybridized carbons (Fsp3) is 0.381. The van der Waals surface area contributed by atoms with E-state index in [1.54, 1.807) is 22.9 Å². The fourth-order valence-electron chi connectivity index (χ4n) is 3.56. The molecule has 0 unspecified atom stereocenters. The normalized spacial score (nSPS) is 15.3. The second kappa shape index (κ2) is 8.64. The molecule has 1 saturated heterocycles. The summed E-state index contributed by atoms with van der Waals surface area (Å²) in [6.45, 7) is 8.08. The SMILES string of the molecule is CCOc1ccc(S(=O)(=O)N2CCN(c3ccc(-n4ccc(C)n4)nn3)CC2)cc1C. The average Bonchev–Trinajstić information content (AvgIpc) is 3.22. The maximum Gasteiger partial charge on any atom is 0.243 e. The van der Waals surface area contributed by atoms with Gasteiger partial charge in [-0.15, -0.1) is 10.2 Å². The zero-order chi connectivity index (χ0) is 22.0. The van der Waals surface area contributed by atoms with Crippen molar-refractivity contribution >= 4 is 15.8 Å². The third-order valence-corrected chi connectivity index (χ3v) is 7.13. The fourth-order valence-corrected chi connectivity index (χ4v) is 5.07. The predicted molar refractivity (Wildman–Crippen MR) is 117 cm³/mol. The lowest BCUT2D eigenvalue weighted by atomic mass is 10.2. The molecular weight excluding hydrogens is 416 g/mol. The Balaban J connectivity index is 1.42. The minimum atomic E-state index is -3.56. The molecule has 0 aliphatic carbocycles. The van der Waals surface area contributed by atoms with Gasteiger partial charge in [0.15, 0.2) is 11.6 Å². The molecule has 10 heteroatoms. The highest BCUT2D eigenvalue weighted by Crippen LogP contribution is 2.25.